The van der Waals surface area contributed by atoms with Gasteiger partial charge in [-0.05, 0) is 25.8 Å². The Morgan fingerprint density at radius 1 is 1.32 bits per heavy atom. The van der Waals surface area contributed by atoms with Gasteiger partial charge in [0.2, 0.25) is 15.9 Å². The first kappa shape index (κ1) is 21.3. The van der Waals surface area contributed by atoms with Crippen LogP contribution in [0.15, 0.2) is 11.0 Å². The molecule has 0 aromatic carbocycles. The second-order valence-electron chi connectivity index (χ2n) is 5.24. The molecule has 22 heavy (non-hydrogen) atoms. The molecular formula is C13H24ClN3O3S2. The Hall–Kier alpha value is -0.670. The third kappa shape index (κ3) is 5.85. The highest BCUT2D eigenvalue weighted by Crippen LogP contribution is 2.24. The molecular weight excluding hydrogens is 346 g/mol. The number of nitrogens with two attached hydrogens (primary N) is 1. The van der Waals surface area contributed by atoms with E-state index in [1.165, 1.54) is 11.3 Å². The highest BCUT2D eigenvalue weighted by molar-refractivity contribution is 7.89. The van der Waals surface area contributed by atoms with Crippen LogP contribution >= 0.6 is 23.7 Å². The van der Waals surface area contributed by atoms with Gasteiger partial charge in [-0.15, -0.1) is 23.7 Å². The van der Waals surface area contributed by atoms with Crippen LogP contribution in [0.3, 0.4) is 0 Å². The standard InChI is InChI=1S/C13H23N3O3S2.ClH/c1-8(2)12(14)13(17)15-5-6-16-21(18,19)11-7-9(3)20-10(11)4;/h7-8,12,16H,5-6,14H2,1-4H3,(H,15,17);1H/t12-;/m0./s1. The van der Waals surface area contributed by atoms with Gasteiger partial charge in [0.05, 0.1) is 10.9 Å². The summed E-state index contributed by atoms with van der Waals surface area (Å²) in [6, 6.07) is 1.07. The number of nitrogens with one attached hydrogen (secondary N) is 2. The largest absolute Gasteiger partial charge is 0.353 e. The smallest absolute Gasteiger partial charge is 0.241 e. The molecule has 1 rings (SSSR count). The molecule has 1 aromatic heterocycles. The average molecular weight is 370 g/mol. The first-order valence-corrected chi connectivity index (χ1v) is 9.05. The molecule has 1 atom stereocenters. The Bertz CT molecular complexity index is 600. The molecule has 0 aliphatic heterocycles. The van der Waals surface area contributed by atoms with E-state index in [0.717, 1.165) is 9.75 Å². The van der Waals surface area contributed by atoms with Gasteiger partial charge < -0.3 is 11.1 Å². The molecule has 4 N–H and O–H groups in total. The molecule has 9 heteroatoms. The van der Waals surface area contributed by atoms with Crippen molar-refractivity contribution in [3.05, 3.63) is 15.8 Å². The maximum atomic E-state index is 12.1. The number of amides is 1. The van der Waals surface area contributed by atoms with Crippen molar-refractivity contribution >= 4 is 39.7 Å². The van der Waals surface area contributed by atoms with Gasteiger partial charge in [0, 0.05) is 22.8 Å². The Morgan fingerprint density at radius 2 is 1.91 bits per heavy atom. The van der Waals surface area contributed by atoms with Crippen molar-refractivity contribution in [2.75, 3.05) is 13.1 Å². The van der Waals surface area contributed by atoms with Crippen molar-refractivity contribution in [3.8, 4) is 0 Å². The molecule has 0 radical (unpaired) electrons. The zero-order valence-electron chi connectivity index (χ0n) is 13.2. The van der Waals surface area contributed by atoms with Crippen LogP contribution in [0.1, 0.15) is 23.6 Å². The zero-order valence-corrected chi connectivity index (χ0v) is 15.6. The fourth-order valence-corrected chi connectivity index (χ4v) is 4.33. The average Bonchev–Trinajstić information content (AvgIpc) is 2.73. The normalized spacial score (nSPS) is 12.8. The predicted octanol–water partition coefficient (Wildman–Crippen LogP) is 1.16. The molecule has 0 aliphatic carbocycles. The van der Waals surface area contributed by atoms with Gasteiger partial charge >= 0.3 is 0 Å². The van der Waals surface area contributed by atoms with Crippen molar-refractivity contribution < 1.29 is 13.2 Å². The number of halogens is 1. The summed E-state index contributed by atoms with van der Waals surface area (Å²) in [6.07, 6.45) is 0. The number of rotatable bonds is 7. The van der Waals surface area contributed by atoms with Crippen molar-refractivity contribution in [1.29, 1.82) is 0 Å². The van der Waals surface area contributed by atoms with Gasteiger partial charge in [0.1, 0.15) is 0 Å². The van der Waals surface area contributed by atoms with Crippen molar-refractivity contribution in [1.82, 2.24) is 10.0 Å². The highest BCUT2D eigenvalue weighted by Gasteiger charge is 2.19. The first-order valence-electron chi connectivity index (χ1n) is 6.75. The van der Waals surface area contributed by atoms with E-state index in [2.05, 4.69) is 10.0 Å². The van der Waals surface area contributed by atoms with E-state index in [1.54, 1.807) is 13.0 Å². The molecule has 0 saturated heterocycles. The maximum absolute atomic E-state index is 12.1. The number of thiophene rings is 1. The van der Waals surface area contributed by atoms with E-state index in [1.807, 2.05) is 20.8 Å². The SMILES string of the molecule is Cc1cc(S(=O)(=O)NCCNC(=O)[C@@H](N)C(C)C)c(C)s1.Cl. The molecule has 1 aromatic rings. The Morgan fingerprint density at radius 3 is 2.36 bits per heavy atom. The number of hydrogen-bond acceptors (Lipinski definition) is 5. The van der Waals surface area contributed by atoms with Crippen molar-refractivity contribution in [2.45, 2.75) is 38.6 Å². The Labute approximate surface area is 142 Å². The zero-order chi connectivity index (χ0) is 16.2. The molecule has 0 bridgehead atoms. The molecule has 0 saturated carbocycles. The maximum Gasteiger partial charge on any atom is 0.241 e. The number of hydrogen-bond donors (Lipinski definition) is 3. The summed E-state index contributed by atoms with van der Waals surface area (Å²) in [5, 5.41) is 2.62. The van der Waals surface area contributed by atoms with Crippen LogP contribution in [-0.4, -0.2) is 33.5 Å². The summed E-state index contributed by atoms with van der Waals surface area (Å²) in [4.78, 5) is 13.6. The topological polar surface area (TPSA) is 101 Å². The molecule has 1 amide bonds. The van der Waals surface area contributed by atoms with E-state index in [4.69, 9.17) is 5.73 Å². The minimum absolute atomic E-state index is 0. The minimum Gasteiger partial charge on any atom is -0.353 e. The van der Waals surface area contributed by atoms with Crippen LogP contribution < -0.4 is 15.8 Å². The molecule has 0 aliphatic rings. The van der Waals surface area contributed by atoms with E-state index < -0.39 is 16.1 Å². The molecule has 0 fully saturated rings. The van der Waals surface area contributed by atoms with Gasteiger partial charge in [-0.25, -0.2) is 13.1 Å². The highest BCUT2D eigenvalue weighted by atomic mass is 35.5. The van der Waals surface area contributed by atoms with Crippen molar-refractivity contribution in [3.63, 3.8) is 0 Å². The van der Waals surface area contributed by atoms with Crippen LogP contribution in [0.5, 0.6) is 0 Å². The second kappa shape index (κ2) is 8.83. The summed E-state index contributed by atoms with van der Waals surface area (Å²) in [5.74, 6) is -0.232. The van der Waals surface area contributed by atoms with Gasteiger partial charge in [0.15, 0.2) is 0 Å². The molecule has 1 heterocycles. The fraction of sp³-hybridized carbons (Fsp3) is 0.615. The third-order valence-electron chi connectivity index (χ3n) is 3.02. The lowest BCUT2D eigenvalue weighted by Crippen LogP contribution is -2.46. The van der Waals surface area contributed by atoms with Gasteiger partial charge in [-0.2, -0.15) is 0 Å². The summed E-state index contributed by atoms with van der Waals surface area (Å²) in [6.45, 7) is 7.69. The third-order valence-corrected chi connectivity index (χ3v) is 5.70. The lowest BCUT2D eigenvalue weighted by atomic mass is 10.1. The molecule has 6 nitrogen and oxygen atoms in total. The predicted molar refractivity (Wildman–Crippen MR) is 92.1 cm³/mol. The van der Waals surface area contributed by atoms with Gasteiger partial charge in [0.25, 0.3) is 0 Å². The number of sulfonamides is 1. The van der Waals surface area contributed by atoms with E-state index in [9.17, 15) is 13.2 Å². The number of carbonyl (C=O) groups excluding carboxylic acids is 1. The Kier molecular flexibility index (Phi) is 8.56. The minimum atomic E-state index is -3.53. The lowest BCUT2D eigenvalue weighted by molar-refractivity contribution is -0.123. The van der Waals surface area contributed by atoms with Crippen LogP contribution in [0.4, 0.5) is 0 Å². The monoisotopic (exact) mass is 369 g/mol. The molecule has 128 valence electrons. The summed E-state index contributed by atoms with van der Waals surface area (Å²) < 4.78 is 26.7. The van der Waals surface area contributed by atoms with Crippen LogP contribution in [0.25, 0.3) is 0 Å². The second-order valence-corrected chi connectivity index (χ2v) is 8.43. The quantitative estimate of drug-likeness (QED) is 0.628. The van der Waals surface area contributed by atoms with Crippen LogP contribution in [0, 0.1) is 19.8 Å². The van der Waals surface area contributed by atoms with E-state index in [-0.39, 0.29) is 37.3 Å². The molecule has 0 spiro atoms. The summed E-state index contributed by atoms with van der Waals surface area (Å²) in [7, 11) is -3.53. The van der Waals surface area contributed by atoms with Crippen LogP contribution in [-0.2, 0) is 14.8 Å². The summed E-state index contributed by atoms with van der Waals surface area (Å²) >= 11 is 1.44. The Balaban J connectivity index is 0.00000441. The van der Waals surface area contributed by atoms with E-state index >= 15 is 0 Å². The first-order chi connectivity index (χ1) is 9.65. The summed E-state index contributed by atoms with van der Waals surface area (Å²) in [5.41, 5.74) is 5.69. The fourth-order valence-electron chi connectivity index (χ4n) is 1.74. The van der Waals surface area contributed by atoms with Crippen LogP contribution in [0.2, 0.25) is 0 Å². The van der Waals surface area contributed by atoms with Gasteiger partial charge in [-0.1, -0.05) is 13.8 Å². The number of aryl methyl sites for hydroxylation is 2. The lowest BCUT2D eigenvalue weighted by Gasteiger charge is -2.15. The molecule has 0 unspecified atom stereocenters. The van der Waals surface area contributed by atoms with E-state index in [0.29, 0.717) is 4.90 Å². The van der Waals surface area contributed by atoms with Gasteiger partial charge in [-0.3, -0.25) is 4.79 Å². The number of carbonyl (C=O) groups is 1. The van der Waals surface area contributed by atoms with Crippen molar-refractivity contribution in [2.24, 2.45) is 11.7 Å².